The van der Waals surface area contributed by atoms with Crippen LogP contribution in [0, 0.1) is 0 Å². The van der Waals surface area contributed by atoms with Crippen LogP contribution in [0.4, 0.5) is 5.69 Å². The first-order chi connectivity index (χ1) is 9.79. The summed E-state index contributed by atoms with van der Waals surface area (Å²) in [6.45, 7) is 0. The number of carbonyl (C=O) groups is 1. The van der Waals surface area contributed by atoms with Crippen LogP contribution < -0.4 is 10.1 Å². The number of para-hydroxylation sites is 1. The van der Waals surface area contributed by atoms with Gasteiger partial charge in [-0.05, 0) is 18.2 Å². The van der Waals surface area contributed by atoms with Crippen molar-refractivity contribution in [2.24, 2.45) is 0 Å². The number of hydrogen-bond donors (Lipinski definition) is 2. The van der Waals surface area contributed by atoms with Crippen LogP contribution in [0.2, 0.25) is 0 Å². The molecule has 3 rings (SSSR count). The van der Waals surface area contributed by atoms with Gasteiger partial charge in [0.15, 0.2) is 0 Å². The van der Waals surface area contributed by atoms with Crippen LogP contribution in [0.5, 0.6) is 5.88 Å². The Labute approximate surface area is 115 Å². The molecule has 1 aromatic carbocycles. The highest BCUT2D eigenvalue weighted by Gasteiger charge is 2.13. The van der Waals surface area contributed by atoms with Crippen molar-refractivity contribution in [1.82, 2.24) is 9.97 Å². The van der Waals surface area contributed by atoms with Crippen molar-refractivity contribution in [3.8, 4) is 5.88 Å². The molecule has 2 heterocycles. The Balaban J connectivity index is 1.93. The van der Waals surface area contributed by atoms with E-state index in [0.717, 1.165) is 10.9 Å². The maximum absolute atomic E-state index is 12.3. The number of anilines is 1. The molecule has 2 N–H and O–H groups in total. The fraction of sp³-hybridized carbons (Fsp3) is 0.0667. The van der Waals surface area contributed by atoms with Crippen molar-refractivity contribution < 1.29 is 9.53 Å². The summed E-state index contributed by atoms with van der Waals surface area (Å²) in [5.74, 6) is 0.189. The number of aromatic amines is 1. The molecule has 0 radical (unpaired) electrons. The highest BCUT2D eigenvalue weighted by atomic mass is 16.5. The fourth-order valence-electron chi connectivity index (χ4n) is 2.10. The molecule has 0 spiro atoms. The normalized spacial score (nSPS) is 10.4. The molecule has 0 aliphatic heterocycles. The number of methoxy groups -OCH3 is 1. The first-order valence-corrected chi connectivity index (χ1v) is 6.16. The Morgan fingerprint density at radius 3 is 2.95 bits per heavy atom. The molecule has 3 aromatic rings. The van der Waals surface area contributed by atoms with Gasteiger partial charge in [-0.2, -0.15) is 0 Å². The number of pyridine rings is 1. The summed E-state index contributed by atoms with van der Waals surface area (Å²) in [7, 11) is 1.52. The van der Waals surface area contributed by atoms with E-state index in [1.807, 2.05) is 24.3 Å². The first-order valence-electron chi connectivity index (χ1n) is 6.16. The molecule has 0 fully saturated rings. The minimum absolute atomic E-state index is 0.200. The van der Waals surface area contributed by atoms with E-state index >= 15 is 0 Å². The topological polar surface area (TPSA) is 67.0 Å². The van der Waals surface area contributed by atoms with Gasteiger partial charge < -0.3 is 15.0 Å². The van der Waals surface area contributed by atoms with Crippen LogP contribution in [0.15, 0.2) is 48.8 Å². The summed E-state index contributed by atoms with van der Waals surface area (Å²) in [5.41, 5.74) is 2.06. The van der Waals surface area contributed by atoms with Crippen molar-refractivity contribution in [3.63, 3.8) is 0 Å². The molecule has 5 heteroatoms. The second kappa shape index (κ2) is 5.05. The molecule has 100 valence electrons. The molecular formula is C15H13N3O2. The molecule has 0 aliphatic carbocycles. The molecule has 2 aromatic heterocycles. The molecule has 0 bridgehead atoms. The van der Waals surface area contributed by atoms with Gasteiger partial charge in [0, 0.05) is 23.3 Å². The van der Waals surface area contributed by atoms with Gasteiger partial charge in [0.05, 0.1) is 12.7 Å². The van der Waals surface area contributed by atoms with E-state index in [0.29, 0.717) is 17.1 Å². The van der Waals surface area contributed by atoms with Crippen molar-refractivity contribution in [2.45, 2.75) is 0 Å². The number of amides is 1. The van der Waals surface area contributed by atoms with Gasteiger partial charge in [0.25, 0.3) is 5.91 Å². The van der Waals surface area contributed by atoms with E-state index in [4.69, 9.17) is 4.74 Å². The first kappa shape index (κ1) is 12.2. The Hall–Kier alpha value is -2.82. The fourth-order valence-corrected chi connectivity index (χ4v) is 2.10. The minimum Gasteiger partial charge on any atom is -0.480 e. The number of hydrogen-bond acceptors (Lipinski definition) is 3. The second-order valence-electron chi connectivity index (χ2n) is 4.26. The highest BCUT2D eigenvalue weighted by Crippen LogP contribution is 2.23. The van der Waals surface area contributed by atoms with Crippen LogP contribution in [-0.4, -0.2) is 23.0 Å². The zero-order chi connectivity index (χ0) is 13.9. The van der Waals surface area contributed by atoms with Crippen LogP contribution in [-0.2, 0) is 0 Å². The number of H-pyrrole nitrogens is 1. The predicted molar refractivity (Wildman–Crippen MR) is 77.0 cm³/mol. The summed E-state index contributed by atoms with van der Waals surface area (Å²) in [6, 6.07) is 11.1. The Morgan fingerprint density at radius 1 is 1.25 bits per heavy atom. The molecule has 1 amide bonds. The van der Waals surface area contributed by atoms with Gasteiger partial charge in [-0.25, -0.2) is 4.98 Å². The molecule has 0 aliphatic rings. The van der Waals surface area contributed by atoms with E-state index in [9.17, 15) is 4.79 Å². The second-order valence-corrected chi connectivity index (χ2v) is 4.26. The molecule has 0 saturated carbocycles. The van der Waals surface area contributed by atoms with Crippen molar-refractivity contribution >= 4 is 22.5 Å². The SMILES string of the molecule is COc1ncccc1NC(=O)c1c[nH]c2ccccc12. The Bertz CT molecular complexity index is 764. The zero-order valence-electron chi connectivity index (χ0n) is 10.9. The third-order valence-corrected chi connectivity index (χ3v) is 3.05. The molecule has 0 atom stereocenters. The molecule has 0 unspecified atom stereocenters. The van der Waals surface area contributed by atoms with Gasteiger partial charge in [-0.3, -0.25) is 4.79 Å². The number of benzene rings is 1. The smallest absolute Gasteiger partial charge is 0.257 e. The number of ether oxygens (including phenoxy) is 1. The number of rotatable bonds is 3. The van der Waals surface area contributed by atoms with E-state index in [2.05, 4.69) is 15.3 Å². The van der Waals surface area contributed by atoms with Gasteiger partial charge in [0.1, 0.15) is 5.69 Å². The maximum Gasteiger partial charge on any atom is 0.257 e. The van der Waals surface area contributed by atoms with Crippen molar-refractivity contribution in [3.05, 3.63) is 54.4 Å². The third-order valence-electron chi connectivity index (χ3n) is 3.05. The van der Waals surface area contributed by atoms with E-state index < -0.39 is 0 Å². The van der Waals surface area contributed by atoms with Gasteiger partial charge in [-0.15, -0.1) is 0 Å². The lowest BCUT2D eigenvalue weighted by molar-refractivity contribution is 0.102. The number of nitrogens with one attached hydrogen (secondary N) is 2. The third kappa shape index (κ3) is 2.09. The van der Waals surface area contributed by atoms with E-state index in [1.54, 1.807) is 24.5 Å². The molecular weight excluding hydrogens is 254 g/mol. The van der Waals surface area contributed by atoms with Crippen LogP contribution >= 0.6 is 0 Å². The maximum atomic E-state index is 12.3. The lowest BCUT2D eigenvalue weighted by Gasteiger charge is -2.08. The standard InChI is InChI=1S/C15H13N3O2/c1-20-15-13(7-4-8-16-15)18-14(19)11-9-17-12-6-3-2-5-10(11)12/h2-9,17H,1H3,(H,18,19). The van der Waals surface area contributed by atoms with Crippen molar-refractivity contribution in [2.75, 3.05) is 12.4 Å². The highest BCUT2D eigenvalue weighted by molar-refractivity contribution is 6.13. The molecule has 20 heavy (non-hydrogen) atoms. The number of nitrogens with zero attached hydrogens (tertiary/aromatic N) is 1. The number of aromatic nitrogens is 2. The summed E-state index contributed by atoms with van der Waals surface area (Å²) in [5, 5.41) is 3.69. The number of carbonyl (C=O) groups excluding carboxylic acids is 1. The predicted octanol–water partition coefficient (Wildman–Crippen LogP) is 2.82. The van der Waals surface area contributed by atoms with Crippen molar-refractivity contribution in [1.29, 1.82) is 0 Å². The average Bonchev–Trinajstić information content (AvgIpc) is 2.92. The number of fused-ring (bicyclic) bond motifs is 1. The Kier molecular flexibility index (Phi) is 3.09. The Morgan fingerprint density at radius 2 is 2.10 bits per heavy atom. The van der Waals surface area contributed by atoms with Gasteiger partial charge in [0.2, 0.25) is 5.88 Å². The zero-order valence-corrected chi connectivity index (χ0v) is 10.9. The summed E-state index contributed by atoms with van der Waals surface area (Å²) < 4.78 is 5.12. The van der Waals surface area contributed by atoms with E-state index in [-0.39, 0.29) is 5.91 Å². The lowest BCUT2D eigenvalue weighted by atomic mass is 10.1. The minimum atomic E-state index is -0.200. The molecule has 0 saturated heterocycles. The van der Waals surface area contributed by atoms with Crippen LogP contribution in [0.1, 0.15) is 10.4 Å². The quantitative estimate of drug-likeness (QED) is 0.766. The van der Waals surface area contributed by atoms with E-state index in [1.165, 1.54) is 7.11 Å². The summed E-state index contributed by atoms with van der Waals surface area (Å²) >= 11 is 0. The molecule has 5 nitrogen and oxygen atoms in total. The summed E-state index contributed by atoms with van der Waals surface area (Å²) in [6.07, 6.45) is 3.31. The largest absolute Gasteiger partial charge is 0.480 e. The van der Waals surface area contributed by atoms with Gasteiger partial charge in [-0.1, -0.05) is 18.2 Å². The van der Waals surface area contributed by atoms with Crippen LogP contribution in [0.3, 0.4) is 0 Å². The van der Waals surface area contributed by atoms with Gasteiger partial charge >= 0.3 is 0 Å². The monoisotopic (exact) mass is 267 g/mol. The average molecular weight is 267 g/mol. The summed E-state index contributed by atoms with van der Waals surface area (Å²) in [4.78, 5) is 19.5. The van der Waals surface area contributed by atoms with Crippen LogP contribution in [0.25, 0.3) is 10.9 Å². The lowest BCUT2D eigenvalue weighted by Crippen LogP contribution is -2.12.